The van der Waals surface area contributed by atoms with Gasteiger partial charge in [0.25, 0.3) is 0 Å². The average molecular weight is 229 g/mol. The third-order valence-corrected chi connectivity index (χ3v) is 3.38. The van der Waals surface area contributed by atoms with E-state index in [1.165, 1.54) is 19.3 Å². The number of carboxylic acids is 1. The van der Waals surface area contributed by atoms with Gasteiger partial charge in [-0.25, -0.2) is 0 Å². The normalized spacial score (nSPS) is 26.1. The highest BCUT2D eigenvalue weighted by molar-refractivity contribution is 5.73. The number of hydrogen-bond donors (Lipinski definition) is 2. The van der Waals surface area contributed by atoms with Crippen molar-refractivity contribution in [2.24, 2.45) is 5.92 Å². The van der Waals surface area contributed by atoms with Gasteiger partial charge in [-0.05, 0) is 18.8 Å². The Hall–Kier alpha value is -0.610. The lowest BCUT2D eigenvalue weighted by atomic mass is 9.98. The van der Waals surface area contributed by atoms with Gasteiger partial charge in [0.1, 0.15) is 6.04 Å². The molecule has 2 atom stereocenters. The predicted octanol–water partition coefficient (Wildman–Crippen LogP) is 1.33. The Kier molecular flexibility index (Phi) is 5.77. The summed E-state index contributed by atoms with van der Waals surface area (Å²) in [6.45, 7) is 3.54. The van der Waals surface area contributed by atoms with Crippen molar-refractivity contribution in [3.8, 4) is 0 Å². The first-order valence-electron chi connectivity index (χ1n) is 6.26. The van der Waals surface area contributed by atoms with Crippen LogP contribution in [0.5, 0.6) is 0 Å². The fourth-order valence-corrected chi connectivity index (χ4v) is 2.52. The van der Waals surface area contributed by atoms with Gasteiger partial charge in [0.05, 0.1) is 6.61 Å². The number of rotatable bonds is 7. The summed E-state index contributed by atoms with van der Waals surface area (Å²) in [5.74, 6) is -0.245. The molecule has 1 saturated heterocycles. The third kappa shape index (κ3) is 3.76. The molecule has 1 aliphatic heterocycles. The zero-order valence-corrected chi connectivity index (χ0v) is 10.1. The number of hydrogen-bond acceptors (Lipinski definition) is 3. The van der Waals surface area contributed by atoms with E-state index >= 15 is 0 Å². The molecule has 1 fully saturated rings. The molecule has 0 spiro atoms. The second kappa shape index (κ2) is 6.86. The number of unbranched alkanes of at least 4 members (excludes halogenated alkanes) is 2. The molecule has 0 radical (unpaired) electrons. The van der Waals surface area contributed by atoms with Gasteiger partial charge in [0.15, 0.2) is 0 Å². The quantitative estimate of drug-likeness (QED) is 0.647. The molecule has 1 aliphatic rings. The molecule has 4 nitrogen and oxygen atoms in total. The first kappa shape index (κ1) is 13.5. The minimum absolute atomic E-state index is 0.0471. The molecular formula is C12H23NO3. The minimum atomic E-state index is -0.744. The molecule has 2 N–H and O–H groups in total. The van der Waals surface area contributed by atoms with E-state index in [0.717, 1.165) is 19.4 Å². The van der Waals surface area contributed by atoms with Crippen LogP contribution in [0.25, 0.3) is 0 Å². The van der Waals surface area contributed by atoms with Crippen LogP contribution in [0.1, 0.15) is 39.0 Å². The molecule has 16 heavy (non-hydrogen) atoms. The summed E-state index contributed by atoms with van der Waals surface area (Å²) in [6, 6.07) is -0.376. The summed E-state index contributed by atoms with van der Waals surface area (Å²) < 4.78 is 0. The standard InChI is InChI=1S/C12H23NO3/c1-2-3-4-5-10-8-11(12(15)16)13(9-10)6-7-14/h10-11,14H,2-9H2,1H3,(H,15,16). The highest BCUT2D eigenvalue weighted by atomic mass is 16.4. The van der Waals surface area contributed by atoms with Crippen LogP contribution < -0.4 is 0 Å². The number of nitrogens with zero attached hydrogens (tertiary/aromatic N) is 1. The van der Waals surface area contributed by atoms with Crippen LogP contribution in [0.3, 0.4) is 0 Å². The first-order chi connectivity index (χ1) is 7.69. The summed E-state index contributed by atoms with van der Waals surface area (Å²) in [5, 5.41) is 18.0. The van der Waals surface area contributed by atoms with Crippen LogP contribution in [-0.2, 0) is 4.79 Å². The molecule has 94 valence electrons. The number of likely N-dealkylation sites (tertiary alicyclic amines) is 1. The molecule has 2 unspecified atom stereocenters. The maximum absolute atomic E-state index is 11.0. The van der Waals surface area contributed by atoms with Gasteiger partial charge in [-0.1, -0.05) is 26.2 Å². The largest absolute Gasteiger partial charge is 0.480 e. The van der Waals surface area contributed by atoms with Crippen molar-refractivity contribution in [1.29, 1.82) is 0 Å². The monoisotopic (exact) mass is 229 g/mol. The predicted molar refractivity (Wildman–Crippen MR) is 62.3 cm³/mol. The molecule has 0 amide bonds. The van der Waals surface area contributed by atoms with E-state index in [1.807, 2.05) is 4.90 Å². The van der Waals surface area contributed by atoms with Crippen LogP contribution in [0.4, 0.5) is 0 Å². The smallest absolute Gasteiger partial charge is 0.320 e. The molecule has 4 heteroatoms. The second-order valence-corrected chi connectivity index (χ2v) is 4.67. The maximum atomic E-state index is 11.0. The van der Waals surface area contributed by atoms with Crippen molar-refractivity contribution in [1.82, 2.24) is 4.90 Å². The Morgan fingerprint density at radius 1 is 1.44 bits per heavy atom. The lowest BCUT2D eigenvalue weighted by molar-refractivity contribution is -0.142. The fraction of sp³-hybridized carbons (Fsp3) is 0.917. The zero-order valence-electron chi connectivity index (χ0n) is 10.1. The van der Waals surface area contributed by atoms with Crippen LogP contribution in [0.15, 0.2) is 0 Å². The summed E-state index contributed by atoms with van der Waals surface area (Å²) in [6.07, 6.45) is 5.50. The highest BCUT2D eigenvalue weighted by Crippen LogP contribution is 2.27. The number of aliphatic carboxylic acids is 1. The lowest BCUT2D eigenvalue weighted by Gasteiger charge is -2.19. The van der Waals surface area contributed by atoms with E-state index in [2.05, 4.69) is 6.92 Å². The molecule has 0 aromatic rings. The third-order valence-electron chi connectivity index (χ3n) is 3.38. The van der Waals surface area contributed by atoms with E-state index < -0.39 is 5.97 Å². The number of carbonyl (C=O) groups is 1. The zero-order chi connectivity index (χ0) is 12.0. The highest BCUT2D eigenvalue weighted by Gasteiger charge is 2.35. The van der Waals surface area contributed by atoms with E-state index in [0.29, 0.717) is 12.5 Å². The summed E-state index contributed by atoms with van der Waals surface area (Å²) in [4.78, 5) is 12.9. The summed E-state index contributed by atoms with van der Waals surface area (Å²) >= 11 is 0. The SMILES string of the molecule is CCCCCC1CC(C(=O)O)N(CCO)C1. The van der Waals surface area contributed by atoms with Gasteiger partial charge in [0, 0.05) is 13.1 Å². The Morgan fingerprint density at radius 2 is 2.19 bits per heavy atom. The van der Waals surface area contributed by atoms with E-state index in [1.54, 1.807) is 0 Å². The molecule has 0 aromatic carbocycles. The van der Waals surface area contributed by atoms with Gasteiger partial charge in [0.2, 0.25) is 0 Å². The Balaban J connectivity index is 2.38. The number of carboxylic acid groups (broad SMARTS) is 1. The van der Waals surface area contributed by atoms with Crippen molar-refractivity contribution in [3.05, 3.63) is 0 Å². The van der Waals surface area contributed by atoms with Gasteiger partial charge >= 0.3 is 5.97 Å². The van der Waals surface area contributed by atoms with Crippen LogP contribution in [0.2, 0.25) is 0 Å². The van der Waals surface area contributed by atoms with Crippen LogP contribution >= 0.6 is 0 Å². The van der Waals surface area contributed by atoms with Crippen molar-refractivity contribution in [3.63, 3.8) is 0 Å². The van der Waals surface area contributed by atoms with Crippen LogP contribution in [0, 0.1) is 5.92 Å². The molecule has 0 aromatic heterocycles. The summed E-state index contributed by atoms with van der Waals surface area (Å²) in [7, 11) is 0. The van der Waals surface area contributed by atoms with E-state index in [9.17, 15) is 4.79 Å². The molecular weight excluding hydrogens is 206 g/mol. The molecule has 0 aliphatic carbocycles. The van der Waals surface area contributed by atoms with Crippen molar-refractivity contribution in [2.45, 2.75) is 45.1 Å². The fourth-order valence-electron chi connectivity index (χ4n) is 2.52. The maximum Gasteiger partial charge on any atom is 0.320 e. The number of aliphatic hydroxyl groups excluding tert-OH is 1. The first-order valence-corrected chi connectivity index (χ1v) is 6.26. The van der Waals surface area contributed by atoms with Gasteiger partial charge < -0.3 is 10.2 Å². The van der Waals surface area contributed by atoms with Crippen molar-refractivity contribution in [2.75, 3.05) is 19.7 Å². The second-order valence-electron chi connectivity index (χ2n) is 4.67. The molecule has 1 rings (SSSR count). The Bertz CT molecular complexity index is 220. The Labute approximate surface area is 97.3 Å². The molecule has 0 saturated carbocycles. The van der Waals surface area contributed by atoms with Gasteiger partial charge in [-0.2, -0.15) is 0 Å². The van der Waals surface area contributed by atoms with Gasteiger partial charge in [-0.15, -0.1) is 0 Å². The molecule has 0 bridgehead atoms. The minimum Gasteiger partial charge on any atom is -0.480 e. The van der Waals surface area contributed by atoms with Gasteiger partial charge in [-0.3, -0.25) is 9.69 Å². The Morgan fingerprint density at radius 3 is 2.75 bits per heavy atom. The van der Waals surface area contributed by atoms with E-state index in [-0.39, 0.29) is 12.6 Å². The van der Waals surface area contributed by atoms with E-state index in [4.69, 9.17) is 10.2 Å². The number of aliphatic hydroxyl groups is 1. The van der Waals surface area contributed by atoms with Crippen molar-refractivity contribution >= 4 is 5.97 Å². The average Bonchev–Trinajstić information content (AvgIpc) is 2.62. The lowest BCUT2D eigenvalue weighted by Crippen LogP contribution is -2.37. The van der Waals surface area contributed by atoms with Crippen molar-refractivity contribution < 1.29 is 15.0 Å². The summed E-state index contributed by atoms with van der Waals surface area (Å²) in [5.41, 5.74) is 0. The van der Waals surface area contributed by atoms with Crippen LogP contribution in [-0.4, -0.2) is 46.8 Å². The molecule has 1 heterocycles. The number of β-amino-alcohol motifs (C(OH)–C–C–N with tert-alkyl or cyclic N) is 1. The topological polar surface area (TPSA) is 60.8 Å².